The van der Waals surface area contributed by atoms with E-state index in [1.807, 2.05) is 11.8 Å². The summed E-state index contributed by atoms with van der Waals surface area (Å²) in [5.41, 5.74) is 1.93. The number of benzene rings is 1. The quantitative estimate of drug-likeness (QED) is 0.680. The second-order valence-electron chi connectivity index (χ2n) is 9.26. The Morgan fingerprint density at radius 3 is 2.47 bits per heavy atom. The van der Waals surface area contributed by atoms with Gasteiger partial charge in [-0.05, 0) is 43.7 Å². The van der Waals surface area contributed by atoms with Gasteiger partial charge in [-0.25, -0.2) is 4.79 Å². The summed E-state index contributed by atoms with van der Waals surface area (Å²) in [5, 5.41) is 1.29. The van der Waals surface area contributed by atoms with Gasteiger partial charge in [-0.1, -0.05) is 32.0 Å². The van der Waals surface area contributed by atoms with Gasteiger partial charge in [-0.3, -0.25) is 14.6 Å². The van der Waals surface area contributed by atoms with Gasteiger partial charge in [-0.2, -0.15) is 0 Å². The van der Waals surface area contributed by atoms with Crippen molar-refractivity contribution in [3.8, 4) is 0 Å². The number of likely N-dealkylation sites (N-methyl/N-ethyl adjacent to an activating group) is 1. The SMILES string of the molecule is CCN1C(=O)N(CCC(C)C)C2(CCN(Cc3cn(C)c4ccccc34)CC2)C1=O. The van der Waals surface area contributed by atoms with Crippen LogP contribution in [-0.2, 0) is 18.4 Å². The van der Waals surface area contributed by atoms with Gasteiger partial charge in [0.15, 0.2) is 0 Å². The van der Waals surface area contributed by atoms with E-state index >= 15 is 0 Å². The van der Waals surface area contributed by atoms with E-state index in [9.17, 15) is 9.59 Å². The zero-order valence-electron chi connectivity index (χ0n) is 18.7. The maximum Gasteiger partial charge on any atom is 0.327 e. The summed E-state index contributed by atoms with van der Waals surface area (Å²) in [5.74, 6) is 0.524. The first-order valence-electron chi connectivity index (χ1n) is 11.3. The number of imide groups is 1. The first-order valence-corrected chi connectivity index (χ1v) is 11.3. The molecule has 162 valence electrons. The van der Waals surface area contributed by atoms with Crippen molar-refractivity contribution in [1.82, 2.24) is 19.3 Å². The van der Waals surface area contributed by atoms with E-state index in [0.717, 1.165) is 38.9 Å². The third-order valence-corrected chi connectivity index (χ3v) is 6.92. The number of carbonyl (C=O) groups excluding carboxylic acids is 2. The smallest absolute Gasteiger partial charge is 0.327 e. The summed E-state index contributed by atoms with van der Waals surface area (Å²) in [6, 6.07) is 8.41. The van der Waals surface area contributed by atoms with E-state index in [1.54, 1.807) is 0 Å². The predicted molar refractivity (Wildman–Crippen MR) is 119 cm³/mol. The van der Waals surface area contributed by atoms with Crippen molar-refractivity contribution in [3.63, 3.8) is 0 Å². The lowest BCUT2D eigenvalue weighted by atomic mass is 9.85. The molecule has 1 spiro atoms. The molecule has 2 fully saturated rings. The lowest BCUT2D eigenvalue weighted by Gasteiger charge is -2.42. The number of piperidine rings is 1. The van der Waals surface area contributed by atoms with Crippen LogP contribution in [0, 0.1) is 5.92 Å². The molecular weight excluding hydrogens is 376 g/mol. The average molecular weight is 411 g/mol. The fourth-order valence-corrected chi connectivity index (χ4v) is 5.12. The molecule has 3 heterocycles. The molecule has 30 heavy (non-hydrogen) atoms. The van der Waals surface area contributed by atoms with Gasteiger partial charge in [0.2, 0.25) is 0 Å². The Hall–Kier alpha value is -2.34. The first-order chi connectivity index (χ1) is 14.4. The van der Waals surface area contributed by atoms with Crippen molar-refractivity contribution in [3.05, 3.63) is 36.0 Å². The molecule has 2 aromatic rings. The Balaban J connectivity index is 1.51. The molecule has 2 saturated heterocycles. The molecule has 0 radical (unpaired) electrons. The maximum absolute atomic E-state index is 13.3. The van der Waals surface area contributed by atoms with Crippen molar-refractivity contribution in [2.75, 3.05) is 26.2 Å². The highest BCUT2D eigenvalue weighted by Gasteiger charge is 2.57. The largest absolute Gasteiger partial charge is 0.350 e. The molecule has 1 aromatic heterocycles. The van der Waals surface area contributed by atoms with Crippen LogP contribution in [0.3, 0.4) is 0 Å². The van der Waals surface area contributed by atoms with Gasteiger partial charge in [0.1, 0.15) is 5.54 Å². The van der Waals surface area contributed by atoms with Gasteiger partial charge >= 0.3 is 6.03 Å². The second kappa shape index (κ2) is 8.06. The van der Waals surface area contributed by atoms with Gasteiger partial charge in [0.05, 0.1) is 0 Å². The molecule has 6 heteroatoms. The van der Waals surface area contributed by atoms with E-state index in [4.69, 9.17) is 0 Å². The van der Waals surface area contributed by atoms with Gasteiger partial charge in [-0.15, -0.1) is 0 Å². The zero-order chi connectivity index (χ0) is 21.5. The standard InChI is InChI=1S/C24H34N4O2/c1-5-27-22(29)24(28(23(27)30)13-10-18(2)3)11-14-26(15-12-24)17-19-16-25(4)21-9-7-6-8-20(19)21/h6-9,16,18H,5,10-15,17H2,1-4H3. The number of rotatable bonds is 6. The summed E-state index contributed by atoms with van der Waals surface area (Å²) in [6.07, 6.45) is 4.58. The highest BCUT2D eigenvalue weighted by Crippen LogP contribution is 2.38. The van der Waals surface area contributed by atoms with Crippen LogP contribution >= 0.6 is 0 Å². The summed E-state index contributed by atoms with van der Waals surface area (Å²) >= 11 is 0. The number of amides is 3. The zero-order valence-corrected chi connectivity index (χ0v) is 18.7. The van der Waals surface area contributed by atoms with Crippen LogP contribution < -0.4 is 0 Å². The second-order valence-corrected chi connectivity index (χ2v) is 9.26. The fraction of sp³-hybridized carbons (Fsp3) is 0.583. The number of urea groups is 1. The molecule has 0 aliphatic carbocycles. The molecule has 0 unspecified atom stereocenters. The molecule has 0 bridgehead atoms. The van der Waals surface area contributed by atoms with Crippen LogP contribution in [-0.4, -0.2) is 62.9 Å². The lowest BCUT2D eigenvalue weighted by Crippen LogP contribution is -2.56. The molecule has 0 saturated carbocycles. The minimum Gasteiger partial charge on any atom is -0.350 e. The summed E-state index contributed by atoms with van der Waals surface area (Å²) in [4.78, 5) is 32.0. The van der Waals surface area contributed by atoms with E-state index in [-0.39, 0.29) is 11.9 Å². The average Bonchev–Trinajstić information content (AvgIpc) is 3.14. The maximum atomic E-state index is 13.3. The van der Waals surface area contributed by atoms with Gasteiger partial charge in [0.25, 0.3) is 5.91 Å². The number of aryl methyl sites for hydroxylation is 1. The Morgan fingerprint density at radius 1 is 1.10 bits per heavy atom. The van der Waals surface area contributed by atoms with Crippen LogP contribution in [0.1, 0.15) is 45.6 Å². The Kier molecular flexibility index (Phi) is 5.62. The van der Waals surface area contributed by atoms with Crippen molar-refractivity contribution in [1.29, 1.82) is 0 Å². The number of likely N-dealkylation sites (tertiary alicyclic amines) is 1. The van der Waals surface area contributed by atoms with Crippen LogP contribution in [0.5, 0.6) is 0 Å². The first kappa shape index (κ1) is 20.9. The van der Waals surface area contributed by atoms with Crippen molar-refractivity contribution >= 4 is 22.8 Å². The number of aromatic nitrogens is 1. The topological polar surface area (TPSA) is 48.8 Å². The molecule has 0 atom stereocenters. The third-order valence-electron chi connectivity index (χ3n) is 6.92. The lowest BCUT2D eigenvalue weighted by molar-refractivity contribution is -0.135. The highest BCUT2D eigenvalue weighted by molar-refractivity contribution is 6.07. The molecule has 1 aromatic carbocycles. The number of hydrogen-bond donors (Lipinski definition) is 0. The van der Waals surface area contributed by atoms with Crippen LogP contribution in [0.2, 0.25) is 0 Å². The van der Waals surface area contributed by atoms with Crippen LogP contribution in [0.15, 0.2) is 30.5 Å². The summed E-state index contributed by atoms with van der Waals surface area (Å²) < 4.78 is 2.18. The summed E-state index contributed by atoms with van der Waals surface area (Å²) in [6.45, 7) is 9.89. The number of carbonyl (C=O) groups is 2. The van der Waals surface area contributed by atoms with Crippen LogP contribution in [0.25, 0.3) is 10.9 Å². The fourth-order valence-electron chi connectivity index (χ4n) is 5.12. The van der Waals surface area contributed by atoms with Crippen LogP contribution in [0.4, 0.5) is 4.79 Å². The molecule has 2 aliphatic rings. The molecular formula is C24H34N4O2. The number of hydrogen-bond acceptors (Lipinski definition) is 3. The van der Waals surface area contributed by atoms with Crippen molar-refractivity contribution in [2.24, 2.45) is 13.0 Å². The van der Waals surface area contributed by atoms with E-state index in [1.165, 1.54) is 21.4 Å². The highest BCUT2D eigenvalue weighted by atomic mass is 16.2. The monoisotopic (exact) mass is 410 g/mol. The van der Waals surface area contributed by atoms with E-state index in [2.05, 4.69) is 60.8 Å². The Labute approximate surface area is 179 Å². The molecule has 4 rings (SSSR count). The Bertz CT molecular complexity index is 940. The van der Waals surface area contributed by atoms with Crippen molar-refractivity contribution in [2.45, 2.75) is 52.1 Å². The van der Waals surface area contributed by atoms with Gasteiger partial charge in [0, 0.05) is 56.9 Å². The number of nitrogens with zero attached hydrogens (tertiary/aromatic N) is 4. The third kappa shape index (κ3) is 3.41. The van der Waals surface area contributed by atoms with E-state index in [0.29, 0.717) is 19.0 Å². The van der Waals surface area contributed by atoms with E-state index < -0.39 is 5.54 Å². The van der Waals surface area contributed by atoms with Crippen molar-refractivity contribution < 1.29 is 9.59 Å². The molecule has 6 nitrogen and oxygen atoms in total. The Morgan fingerprint density at radius 2 is 1.80 bits per heavy atom. The minimum absolute atomic E-state index is 0.0172. The molecule has 2 aliphatic heterocycles. The normalized spacial score (nSPS) is 19.8. The number of para-hydroxylation sites is 1. The minimum atomic E-state index is -0.642. The number of fused-ring (bicyclic) bond motifs is 1. The predicted octanol–water partition coefficient (Wildman–Crippen LogP) is 3.84. The summed E-state index contributed by atoms with van der Waals surface area (Å²) in [7, 11) is 2.09. The molecule has 3 amide bonds. The molecule has 0 N–H and O–H groups in total. The van der Waals surface area contributed by atoms with Gasteiger partial charge < -0.3 is 9.47 Å².